The Morgan fingerprint density at radius 3 is 2.83 bits per heavy atom. The molecule has 0 radical (unpaired) electrons. The number of piperazine rings is 1. The summed E-state index contributed by atoms with van der Waals surface area (Å²) in [7, 11) is 0. The highest BCUT2D eigenvalue weighted by molar-refractivity contribution is 14.1. The Hall–Kier alpha value is -0.330. The first-order chi connectivity index (χ1) is 8.08. The fourth-order valence-electron chi connectivity index (χ4n) is 2.03. The summed E-state index contributed by atoms with van der Waals surface area (Å²) in [6, 6.07) is 6.30. The van der Waals surface area contributed by atoms with E-state index in [0.717, 1.165) is 28.8 Å². The molecule has 3 nitrogen and oxygen atoms in total. The van der Waals surface area contributed by atoms with E-state index in [9.17, 15) is 4.79 Å². The van der Waals surface area contributed by atoms with Crippen LogP contribution in [-0.4, -0.2) is 36.5 Å². The second kappa shape index (κ2) is 6.73. The lowest BCUT2D eigenvalue weighted by atomic mass is 10.1. The van der Waals surface area contributed by atoms with E-state index in [1.807, 2.05) is 23.1 Å². The van der Waals surface area contributed by atoms with E-state index in [-0.39, 0.29) is 18.3 Å². The number of carbonyl (C=O) groups excluding carboxylic acids is 1. The van der Waals surface area contributed by atoms with Gasteiger partial charge in [0.2, 0.25) is 0 Å². The largest absolute Gasteiger partial charge is 0.336 e. The zero-order chi connectivity index (χ0) is 12.4. The molecule has 1 aromatic carbocycles. The number of nitrogens with one attached hydrogen (secondary N) is 1. The van der Waals surface area contributed by atoms with Crippen LogP contribution < -0.4 is 5.32 Å². The normalized spacial score (nSPS) is 19.3. The molecule has 18 heavy (non-hydrogen) atoms. The van der Waals surface area contributed by atoms with Gasteiger partial charge >= 0.3 is 0 Å². The van der Waals surface area contributed by atoms with Crippen molar-refractivity contribution in [3.63, 3.8) is 0 Å². The van der Waals surface area contributed by atoms with E-state index in [2.05, 4.69) is 41.8 Å². The Morgan fingerprint density at radius 1 is 1.50 bits per heavy atom. The fourth-order valence-corrected chi connectivity index (χ4v) is 2.54. The Kier molecular flexibility index (Phi) is 5.88. The van der Waals surface area contributed by atoms with Crippen LogP contribution in [0.4, 0.5) is 0 Å². The molecule has 1 aliphatic heterocycles. The Bertz CT molecular complexity index is 439. The molecule has 0 aliphatic carbocycles. The van der Waals surface area contributed by atoms with Gasteiger partial charge in [0.1, 0.15) is 0 Å². The second-order valence-corrected chi connectivity index (χ2v) is 5.73. The van der Waals surface area contributed by atoms with Gasteiger partial charge in [-0.25, -0.2) is 0 Å². The first-order valence-electron chi connectivity index (χ1n) is 5.87. The van der Waals surface area contributed by atoms with Gasteiger partial charge in [0.05, 0.1) is 0 Å². The zero-order valence-electron chi connectivity index (χ0n) is 10.6. The minimum atomic E-state index is 0. The average Bonchev–Trinajstić information content (AvgIpc) is 2.32. The molecule has 1 N–H and O–H groups in total. The molecule has 0 spiro atoms. The molecule has 0 aromatic heterocycles. The number of rotatable bonds is 1. The summed E-state index contributed by atoms with van der Waals surface area (Å²) in [4.78, 5) is 14.2. The third-order valence-electron chi connectivity index (χ3n) is 3.07. The molecule has 1 unspecified atom stereocenters. The van der Waals surface area contributed by atoms with Crippen molar-refractivity contribution in [1.82, 2.24) is 10.2 Å². The first-order valence-corrected chi connectivity index (χ1v) is 6.94. The Labute approximate surface area is 128 Å². The van der Waals surface area contributed by atoms with Crippen LogP contribution in [0.1, 0.15) is 22.8 Å². The number of nitrogens with zero attached hydrogens (tertiary/aromatic N) is 1. The van der Waals surface area contributed by atoms with Crippen molar-refractivity contribution in [2.24, 2.45) is 0 Å². The SMILES string of the molecule is Cc1ccc(C(=O)N2CCNC(C)C2)cc1I.Cl. The van der Waals surface area contributed by atoms with E-state index in [1.165, 1.54) is 5.56 Å². The van der Waals surface area contributed by atoms with E-state index >= 15 is 0 Å². The standard InChI is InChI=1S/C13H17IN2O.ClH/c1-9-3-4-11(7-12(9)14)13(17)16-6-5-15-10(2)8-16;/h3-4,7,10,15H,5-6,8H2,1-2H3;1H. The summed E-state index contributed by atoms with van der Waals surface area (Å²) in [6.45, 7) is 6.65. The minimum absolute atomic E-state index is 0. The summed E-state index contributed by atoms with van der Waals surface area (Å²) in [5, 5.41) is 3.34. The molecule has 1 fully saturated rings. The van der Waals surface area contributed by atoms with Crippen molar-refractivity contribution in [1.29, 1.82) is 0 Å². The maximum Gasteiger partial charge on any atom is 0.253 e. The highest BCUT2D eigenvalue weighted by Crippen LogP contribution is 2.15. The van der Waals surface area contributed by atoms with Crippen LogP contribution in [0, 0.1) is 10.5 Å². The van der Waals surface area contributed by atoms with Crippen molar-refractivity contribution in [3.8, 4) is 0 Å². The van der Waals surface area contributed by atoms with Gasteiger partial charge in [-0.3, -0.25) is 4.79 Å². The highest BCUT2D eigenvalue weighted by Gasteiger charge is 2.21. The van der Waals surface area contributed by atoms with Crippen molar-refractivity contribution in [2.75, 3.05) is 19.6 Å². The predicted octanol–water partition coefficient (Wildman–Crippen LogP) is 2.46. The van der Waals surface area contributed by atoms with E-state index in [1.54, 1.807) is 0 Å². The Balaban J connectivity index is 0.00000162. The van der Waals surface area contributed by atoms with Crippen molar-refractivity contribution < 1.29 is 4.79 Å². The maximum absolute atomic E-state index is 12.3. The van der Waals surface area contributed by atoms with Crippen LogP contribution in [0.25, 0.3) is 0 Å². The fraction of sp³-hybridized carbons (Fsp3) is 0.462. The van der Waals surface area contributed by atoms with E-state index in [4.69, 9.17) is 0 Å². The van der Waals surface area contributed by atoms with Crippen LogP contribution in [0.3, 0.4) is 0 Å². The molecular formula is C13H18ClIN2O. The maximum atomic E-state index is 12.3. The summed E-state index contributed by atoms with van der Waals surface area (Å²) >= 11 is 2.28. The van der Waals surface area contributed by atoms with Gasteiger partial charge in [-0.05, 0) is 54.1 Å². The van der Waals surface area contributed by atoms with Gasteiger partial charge in [0, 0.05) is 34.8 Å². The van der Waals surface area contributed by atoms with Crippen molar-refractivity contribution >= 4 is 40.9 Å². The molecule has 5 heteroatoms. The van der Waals surface area contributed by atoms with E-state index < -0.39 is 0 Å². The number of benzene rings is 1. The third kappa shape index (κ3) is 3.59. The molecule has 2 rings (SSSR count). The van der Waals surface area contributed by atoms with Crippen molar-refractivity contribution in [3.05, 3.63) is 32.9 Å². The Morgan fingerprint density at radius 2 is 2.22 bits per heavy atom. The van der Waals surface area contributed by atoms with Gasteiger partial charge in [-0.1, -0.05) is 6.07 Å². The molecule has 1 heterocycles. The van der Waals surface area contributed by atoms with Crippen LogP contribution in [0.2, 0.25) is 0 Å². The summed E-state index contributed by atoms with van der Waals surface area (Å²) in [5.74, 6) is 0.149. The number of halogens is 2. The molecule has 1 aromatic rings. The lowest BCUT2D eigenvalue weighted by molar-refractivity contribution is 0.0709. The quantitative estimate of drug-likeness (QED) is 0.759. The smallest absolute Gasteiger partial charge is 0.253 e. The van der Waals surface area contributed by atoms with Crippen molar-refractivity contribution in [2.45, 2.75) is 19.9 Å². The molecule has 100 valence electrons. The van der Waals surface area contributed by atoms with Crippen LogP contribution in [-0.2, 0) is 0 Å². The van der Waals surface area contributed by atoms with Gasteiger partial charge in [-0.2, -0.15) is 0 Å². The summed E-state index contributed by atoms with van der Waals surface area (Å²) in [5.41, 5.74) is 2.02. The van der Waals surface area contributed by atoms with E-state index in [0.29, 0.717) is 6.04 Å². The molecule has 0 saturated carbocycles. The molecule has 1 amide bonds. The number of hydrogen-bond acceptors (Lipinski definition) is 2. The summed E-state index contributed by atoms with van der Waals surface area (Å²) < 4.78 is 1.15. The highest BCUT2D eigenvalue weighted by atomic mass is 127. The van der Waals surface area contributed by atoms with Gasteiger partial charge in [-0.15, -0.1) is 12.4 Å². The lowest BCUT2D eigenvalue weighted by Gasteiger charge is -2.32. The third-order valence-corrected chi connectivity index (χ3v) is 4.24. The number of carbonyl (C=O) groups is 1. The number of amides is 1. The van der Waals surface area contributed by atoms with Crippen LogP contribution in [0.5, 0.6) is 0 Å². The topological polar surface area (TPSA) is 32.3 Å². The average molecular weight is 381 g/mol. The minimum Gasteiger partial charge on any atom is -0.336 e. The van der Waals surface area contributed by atoms with Crippen LogP contribution >= 0.6 is 35.0 Å². The second-order valence-electron chi connectivity index (χ2n) is 4.57. The monoisotopic (exact) mass is 380 g/mol. The van der Waals surface area contributed by atoms with Crippen LogP contribution in [0.15, 0.2) is 18.2 Å². The van der Waals surface area contributed by atoms with Gasteiger partial charge in [0.15, 0.2) is 0 Å². The molecule has 1 atom stereocenters. The van der Waals surface area contributed by atoms with Gasteiger partial charge in [0.25, 0.3) is 5.91 Å². The molecule has 0 bridgehead atoms. The molecular weight excluding hydrogens is 363 g/mol. The van der Waals surface area contributed by atoms with Gasteiger partial charge < -0.3 is 10.2 Å². The summed E-state index contributed by atoms with van der Waals surface area (Å²) in [6.07, 6.45) is 0. The number of aryl methyl sites for hydroxylation is 1. The molecule has 1 aliphatic rings. The molecule has 1 saturated heterocycles. The lowest BCUT2D eigenvalue weighted by Crippen LogP contribution is -2.51. The number of hydrogen-bond donors (Lipinski definition) is 1. The zero-order valence-corrected chi connectivity index (χ0v) is 13.5. The predicted molar refractivity (Wildman–Crippen MR) is 84.5 cm³/mol. The first kappa shape index (κ1) is 15.7.